The standard InChI is InChI=1S/C23H27ClN2O3/c1-16-14-17(24)12-13-21(16)29-15-22(27)26(2)20-11-7-6-10-19(20)23(28)25-18-8-4-3-5-9-18/h6-7,10-14,18H,3-5,8-9,15H2,1-2H3,(H,25,28). The second-order valence-electron chi connectivity index (χ2n) is 7.48. The molecule has 2 aromatic carbocycles. The van der Waals surface area contributed by atoms with E-state index in [4.69, 9.17) is 16.3 Å². The van der Waals surface area contributed by atoms with Crippen LogP contribution in [0, 0.1) is 6.92 Å². The summed E-state index contributed by atoms with van der Waals surface area (Å²) in [7, 11) is 1.66. The van der Waals surface area contributed by atoms with E-state index >= 15 is 0 Å². The molecule has 2 aromatic rings. The van der Waals surface area contributed by atoms with E-state index in [2.05, 4.69) is 5.32 Å². The molecule has 1 aliphatic carbocycles. The van der Waals surface area contributed by atoms with E-state index in [1.165, 1.54) is 11.3 Å². The normalized spacial score (nSPS) is 14.3. The monoisotopic (exact) mass is 414 g/mol. The second-order valence-corrected chi connectivity index (χ2v) is 7.91. The predicted molar refractivity (Wildman–Crippen MR) is 116 cm³/mol. The summed E-state index contributed by atoms with van der Waals surface area (Å²) >= 11 is 5.96. The van der Waals surface area contributed by atoms with Gasteiger partial charge in [-0.2, -0.15) is 0 Å². The molecule has 0 spiro atoms. The summed E-state index contributed by atoms with van der Waals surface area (Å²) in [4.78, 5) is 27.0. The van der Waals surface area contributed by atoms with E-state index < -0.39 is 0 Å². The number of anilines is 1. The van der Waals surface area contributed by atoms with Crippen LogP contribution in [-0.4, -0.2) is 31.5 Å². The molecule has 3 rings (SSSR count). The van der Waals surface area contributed by atoms with Crippen molar-refractivity contribution < 1.29 is 14.3 Å². The molecule has 0 radical (unpaired) electrons. The number of amides is 2. The van der Waals surface area contributed by atoms with E-state index in [1.807, 2.05) is 19.1 Å². The Morgan fingerprint density at radius 1 is 1.14 bits per heavy atom. The quantitative estimate of drug-likeness (QED) is 0.741. The third-order valence-corrected chi connectivity index (χ3v) is 5.55. The van der Waals surface area contributed by atoms with E-state index in [0.717, 1.165) is 31.2 Å². The van der Waals surface area contributed by atoms with Gasteiger partial charge in [-0.15, -0.1) is 0 Å². The van der Waals surface area contributed by atoms with Crippen LogP contribution in [0.1, 0.15) is 48.0 Å². The number of para-hydroxylation sites is 1. The lowest BCUT2D eigenvalue weighted by Gasteiger charge is -2.25. The van der Waals surface area contributed by atoms with E-state index in [-0.39, 0.29) is 24.5 Å². The van der Waals surface area contributed by atoms with Gasteiger partial charge in [-0.25, -0.2) is 0 Å². The highest BCUT2D eigenvalue weighted by Crippen LogP contribution is 2.24. The maximum atomic E-state index is 12.8. The predicted octanol–water partition coefficient (Wildman–Crippen LogP) is 4.75. The van der Waals surface area contributed by atoms with Crippen molar-refractivity contribution in [2.24, 2.45) is 0 Å². The summed E-state index contributed by atoms with van der Waals surface area (Å²) in [5.41, 5.74) is 1.93. The van der Waals surface area contributed by atoms with Gasteiger partial charge in [0.1, 0.15) is 5.75 Å². The van der Waals surface area contributed by atoms with Crippen molar-refractivity contribution in [2.75, 3.05) is 18.6 Å². The van der Waals surface area contributed by atoms with Crippen molar-refractivity contribution in [1.82, 2.24) is 5.32 Å². The maximum Gasteiger partial charge on any atom is 0.264 e. The Labute approximate surface area is 177 Å². The number of benzene rings is 2. The molecule has 1 N–H and O–H groups in total. The number of carbonyl (C=O) groups is 2. The molecular weight excluding hydrogens is 388 g/mol. The van der Waals surface area contributed by atoms with Crippen LogP contribution in [0.2, 0.25) is 5.02 Å². The Bertz CT molecular complexity index is 878. The van der Waals surface area contributed by atoms with Gasteiger partial charge in [0.25, 0.3) is 11.8 Å². The Morgan fingerprint density at radius 3 is 2.59 bits per heavy atom. The summed E-state index contributed by atoms with van der Waals surface area (Å²) in [6.07, 6.45) is 5.54. The lowest BCUT2D eigenvalue weighted by atomic mass is 9.95. The summed E-state index contributed by atoms with van der Waals surface area (Å²) in [5, 5.41) is 3.74. The number of hydrogen-bond acceptors (Lipinski definition) is 3. The largest absolute Gasteiger partial charge is 0.483 e. The number of likely N-dealkylation sites (N-methyl/N-ethyl adjacent to an activating group) is 1. The minimum absolute atomic E-state index is 0.127. The number of rotatable bonds is 6. The number of aryl methyl sites for hydroxylation is 1. The number of carbonyl (C=O) groups excluding carboxylic acids is 2. The molecular formula is C23H27ClN2O3. The van der Waals surface area contributed by atoms with Gasteiger partial charge in [-0.05, 0) is 55.7 Å². The smallest absolute Gasteiger partial charge is 0.264 e. The Morgan fingerprint density at radius 2 is 1.86 bits per heavy atom. The lowest BCUT2D eigenvalue weighted by Crippen LogP contribution is -2.38. The van der Waals surface area contributed by atoms with Crippen LogP contribution in [0.5, 0.6) is 5.75 Å². The molecule has 0 saturated heterocycles. The highest BCUT2D eigenvalue weighted by atomic mass is 35.5. The molecule has 0 atom stereocenters. The van der Waals surface area contributed by atoms with E-state index in [0.29, 0.717) is 22.0 Å². The number of nitrogens with zero attached hydrogens (tertiary/aromatic N) is 1. The molecule has 1 aliphatic rings. The second kappa shape index (κ2) is 9.79. The SMILES string of the molecule is Cc1cc(Cl)ccc1OCC(=O)N(C)c1ccccc1C(=O)NC1CCCCC1. The highest BCUT2D eigenvalue weighted by molar-refractivity contribution is 6.30. The zero-order valence-electron chi connectivity index (χ0n) is 16.9. The first kappa shape index (κ1) is 21.2. The van der Waals surface area contributed by atoms with Crippen molar-refractivity contribution in [1.29, 1.82) is 0 Å². The zero-order chi connectivity index (χ0) is 20.8. The summed E-state index contributed by atoms with van der Waals surface area (Å²) in [6.45, 7) is 1.75. The molecule has 1 saturated carbocycles. The molecule has 0 unspecified atom stereocenters. The van der Waals surface area contributed by atoms with Gasteiger partial charge in [-0.1, -0.05) is 43.0 Å². The van der Waals surface area contributed by atoms with Crippen LogP contribution in [0.4, 0.5) is 5.69 Å². The molecule has 154 valence electrons. The van der Waals surface area contributed by atoms with Crippen molar-refractivity contribution in [2.45, 2.75) is 45.1 Å². The molecule has 6 heteroatoms. The fourth-order valence-electron chi connectivity index (χ4n) is 3.61. The molecule has 5 nitrogen and oxygen atoms in total. The van der Waals surface area contributed by atoms with Gasteiger partial charge < -0.3 is 15.0 Å². The van der Waals surface area contributed by atoms with Crippen LogP contribution in [0.15, 0.2) is 42.5 Å². The minimum Gasteiger partial charge on any atom is -0.483 e. The van der Waals surface area contributed by atoms with Gasteiger partial charge >= 0.3 is 0 Å². The Balaban J connectivity index is 1.67. The number of halogens is 1. The first-order chi connectivity index (χ1) is 14.0. The van der Waals surface area contributed by atoms with Crippen LogP contribution in [-0.2, 0) is 4.79 Å². The van der Waals surface area contributed by atoms with Crippen molar-refractivity contribution >= 4 is 29.1 Å². The summed E-state index contributed by atoms with van der Waals surface area (Å²) < 4.78 is 5.67. The third-order valence-electron chi connectivity index (χ3n) is 5.31. The molecule has 29 heavy (non-hydrogen) atoms. The van der Waals surface area contributed by atoms with Crippen LogP contribution >= 0.6 is 11.6 Å². The topological polar surface area (TPSA) is 58.6 Å². The van der Waals surface area contributed by atoms with Gasteiger partial charge in [-0.3, -0.25) is 9.59 Å². The summed E-state index contributed by atoms with van der Waals surface area (Å²) in [5.74, 6) is 0.235. The van der Waals surface area contributed by atoms with Crippen molar-refractivity contribution in [3.05, 3.63) is 58.6 Å². The Hall–Kier alpha value is -2.53. The van der Waals surface area contributed by atoms with Gasteiger partial charge in [0.15, 0.2) is 6.61 Å². The number of hydrogen-bond donors (Lipinski definition) is 1. The number of nitrogens with one attached hydrogen (secondary N) is 1. The zero-order valence-corrected chi connectivity index (χ0v) is 17.7. The van der Waals surface area contributed by atoms with Crippen LogP contribution in [0.3, 0.4) is 0 Å². The molecule has 0 bridgehead atoms. The van der Waals surface area contributed by atoms with Gasteiger partial charge in [0.05, 0.1) is 11.3 Å². The third kappa shape index (κ3) is 5.51. The first-order valence-corrected chi connectivity index (χ1v) is 10.4. The fraction of sp³-hybridized carbons (Fsp3) is 0.391. The van der Waals surface area contributed by atoms with E-state index in [1.54, 1.807) is 37.4 Å². The fourth-order valence-corrected chi connectivity index (χ4v) is 3.84. The van der Waals surface area contributed by atoms with Crippen LogP contribution in [0.25, 0.3) is 0 Å². The maximum absolute atomic E-state index is 12.8. The molecule has 0 aliphatic heterocycles. The lowest BCUT2D eigenvalue weighted by molar-refractivity contribution is -0.120. The average molecular weight is 415 g/mol. The van der Waals surface area contributed by atoms with Gasteiger partial charge in [0, 0.05) is 18.1 Å². The van der Waals surface area contributed by atoms with Gasteiger partial charge in [0.2, 0.25) is 0 Å². The summed E-state index contributed by atoms with van der Waals surface area (Å²) in [6, 6.07) is 12.6. The highest BCUT2D eigenvalue weighted by Gasteiger charge is 2.22. The molecule has 1 fully saturated rings. The van der Waals surface area contributed by atoms with Crippen molar-refractivity contribution in [3.63, 3.8) is 0 Å². The number of ether oxygens (including phenoxy) is 1. The first-order valence-electron chi connectivity index (χ1n) is 10.0. The van der Waals surface area contributed by atoms with E-state index in [9.17, 15) is 9.59 Å². The minimum atomic E-state index is -0.239. The molecule has 2 amide bonds. The van der Waals surface area contributed by atoms with Crippen molar-refractivity contribution in [3.8, 4) is 5.75 Å². The van der Waals surface area contributed by atoms with Crippen LogP contribution < -0.4 is 15.0 Å². The average Bonchev–Trinajstić information content (AvgIpc) is 2.73. The molecule has 0 aromatic heterocycles. The molecule has 0 heterocycles. The Kier molecular flexibility index (Phi) is 7.15.